The quantitative estimate of drug-likeness (QED) is 0.308. The van der Waals surface area contributed by atoms with Crippen LogP contribution in [0, 0.1) is 5.82 Å². The minimum absolute atomic E-state index is 0.0127. The Kier molecular flexibility index (Phi) is 5.97. The van der Waals surface area contributed by atoms with Crippen molar-refractivity contribution in [2.75, 3.05) is 11.7 Å². The van der Waals surface area contributed by atoms with E-state index >= 15 is 0 Å². The summed E-state index contributed by atoms with van der Waals surface area (Å²) in [4.78, 5) is 15.0. The van der Waals surface area contributed by atoms with Crippen LogP contribution in [0.25, 0.3) is 6.08 Å². The second kappa shape index (κ2) is 9.05. The van der Waals surface area contributed by atoms with Crippen LogP contribution in [0.1, 0.15) is 11.1 Å². The fourth-order valence-corrected chi connectivity index (χ4v) is 4.90. The van der Waals surface area contributed by atoms with Crippen LogP contribution in [0.5, 0.6) is 17.2 Å². The van der Waals surface area contributed by atoms with Crippen molar-refractivity contribution in [3.05, 3.63) is 87.5 Å². The highest BCUT2D eigenvalue weighted by Gasteiger charge is 2.34. The molecule has 5 nitrogen and oxygen atoms in total. The molecule has 0 N–H and O–H groups in total. The minimum atomic E-state index is -0.425. The third-order valence-corrected chi connectivity index (χ3v) is 6.67. The molecule has 0 aliphatic carbocycles. The summed E-state index contributed by atoms with van der Waals surface area (Å²) in [5.74, 6) is 1.08. The second-order valence-corrected chi connectivity index (χ2v) is 9.20. The Bertz CT molecular complexity index is 1290. The lowest BCUT2D eigenvalue weighted by Gasteiger charge is -2.14. The number of rotatable bonds is 5. The molecule has 0 radical (unpaired) electrons. The molecule has 166 valence electrons. The molecule has 0 unspecified atom stereocenters. The fraction of sp³-hybridized carbons (Fsp3) is 0.0833. The molecule has 0 aromatic heterocycles. The Labute approximate surface area is 203 Å². The largest absolute Gasteiger partial charge is 0.489 e. The van der Waals surface area contributed by atoms with E-state index in [0.717, 1.165) is 5.56 Å². The van der Waals surface area contributed by atoms with Gasteiger partial charge in [-0.3, -0.25) is 9.69 Å². The molecule has 2 aliphatic heterocycles. The maximum Gasteiger partial charge on any atom is 0.270 e. The lowest BCUT2D eigenvalue weighted by Crippen LogP contribution is -2.27. The smallest absolute Gasteiger partial charge is 0.270 e. The number of hydrogen-bond acceptors (Lipinski definition) is 6. The number of fused-ring (bicyclic) bond motifs is 1. The van der Waals surface area contributed by atoms with Crippen LogP contribution in [0.2, 0.25) is 5.02 Å². The van der Waals surface area contributed by atoms with Crippen molar-refractivity contribution < 1.29 is 23.4 Å². The van der Waals surface area contributed by atoms with Gasteiger partial charge in [-0.2, -0.15) is 0 Å². The van der Waals surface area contributed by atoms with E-state index in [4.69, 9.17) is 38.0 Å². The molecule has 33 heavy (non-hydrogen) atoms. The topological polar surface area (TPSA) is 48.0 Å². The first-order valence-corrected chi connectivity index (χ1v) is 11.4. The summed E-state index contributed by atoms with van der Waals surface area (Å²) >= 11 is 12.7. The van der Waals surface area contributed by atoms with Crippen LogP contribution in [0.4, 0.5) is 10.1 Å². The van der Waals surface area contributed by atoms with Crippen molar-refractivity contribution in [1.29, 1.82) is 0 Å². The molecule has 2 heterocycles. The lowest BCUT2D eigenvalue weighted by atomic mass is 10.2. The molecule has 1 amide bonds. The van der Waals surface area contributed by atoms with E-state index in [9.17, 15) is 9.18 Å². The van der Waals surface area contributed by atoms with E-state index in [1.54, 1.807) is 54.6 Å². The summed E-state index contributed by atoms with van der Waals surface area (Å²) in [6, 6.07) is 16.9. The number of benzene rings is 3. The van der Waals surface area contributed by atoms with Gasteiger partial charge in [-0.15, -0.1) is 0 Å². The van der Waals surface area contributed by atoms with Gasteiger partial charge in [0.05, 0.1) is 15.6 Å². The number of halogens is 2. The minimum Gasteiger partial charge on any atom is -0.489 e. The van der Waals surface area contributed by atoms with Gasteiger partial charge in [0.15, 0.2) is 15.8 Å². The number of anilines is 1. The van der Waals surface area contributed by atoms with Crippen LogP contribution in [-0.2, 0) is 11.4 Å². The standard InChI is InChI=1S/C24H15ClFNO4S2/c25-18-5-2-6-19(26)17(18)12-29-16-4-1-3-14(9-16)10-22-23(28)27(24(32)33-22)15-7-8-20-21(11-15)31-13-30-20/h1-11H,12-13H2/b22-10+. The first-order chi connectivity index (χ1) is 16.0. The number of nitrogens with zero attached hydrogens (tertiary/aromatic N) is 1. The van der Waals surface area contributed by atoms with E-state index in [0.29, 0.717) is 37.2 Å². The zero-order valence-corrected chi connectivity index (χ0v) is 19.3. The van der Waals surface area contributed by atoms with Crippen molar-refractivity contribution in [3.63, 3.8) is 0 Å². The number of amides is 1. The van der Waals surface area contributed by atoms with Gasteiger partial charge < -0.3 is 14.2 Å². The van der Waals surface area contributed by atoms with Gasteiger partial charge in [-0.1, -0.05) is 53.8 Å². The second-order valence-electron chi connectivity index (χ2n) is 7.12. The van der Waals surface area contributed by atoms with Crippen molar-refractivity contribution >= 4 is 57.6 Å². The van der Waals surface area contributed by atoms with Crippen LogP contribution in [-0.4, -0.2) is 17.0 Å². The molecule has 0 bridgehead atoms. The van der Waals surface area contributed by atoms with Gasteiger partial charge in [0.1, 0.15) is 18.2 Å². The monoisotopic (exact) mass is 499 g/mol. The van der Waals surface area contributed by atoms with E-state index in [-0.39, 0.29) is 24.9 Å². The summed E-state index contributed by atoms with van der Waals surface area (Å²) in [6.07, 6.45) is 1.75. The normalized spacial score (nSPS) is 16.1. The number of carbonyl (C=O) groups excluding carboxylic acids is 1. The summed E-state index contributed by atoms with van der Waals surface area (Å²) < 4.78 is 30.9. The fourth-order valence-electron chi connectivity index (χ4n) is 3.39. The first-order valence-electron chi connectivity index (χ1n) is 9.83. The number of ether oxygens (including phenoxy) is 3. The van der Waals surface area contributed by atoms with Gasteiger partial charge in [0, 0.05) is 11.6 Å². The van der Waals surface area contributed by atoms with E-state index in [2.05, 4.69) is 0 Å². The van der Waals surface area contributed by atoms with Gasteiger partial charge in [0.2, 0.25) is 6.79 Å². The first kappa shape index (κ1) is 21.8. The van der Waals surface area contributed by atoms with Gasteiger partial charge >= 0.3 is 0 Å². The predicted molar refractivity (Wildman–Crippen MR) is 130 cm³/mol. The molecule has 0 atom stereocenters. The van der Waals surface area contributed by atoms with Crippen LogP contribution in [0.3, 0.4) is 0 Å². The maximum absolute atomic E-state index is 14.0. The summed E-state index contributed by atoms with van der Waals surface area (Å²) in [6.45, 7) is 0.139. The number of hydrogen-bond donors (Lipinski definition) is 0. The highest BCUT2D eigenvalue weighted by atomic mass is 35.5. The van der Waals surface area contributed by atoms with Gasteiger partial charge in [0.25, 0.3) is 5.91 Å². The molecule has 1 saturated heterocycles. The molecule has 2 aliphatic rings. The van der Waals surface area contributed by atoms with Gasteiger partial charge in [-0.25, -0.2) is 4.39 Å². The number of thiocarbonyl (C=S) groups is 1. The van der Waals surface area contributed by atoms with Crippen molar-refractivity contribution in [2.45, 2.75) is 6.61 Å². The number of carbonyl (C=O) groups is 1. The van der Waals surface area contributed by atoms with Crippen molar-refractivity contribution in [2.24, 2.45) is 0 Å². The molecular weight excluding hydrogens is 485 g/mol. The third kappa shape index (κ3) is 4.42. The average molecular weight is 500 g/mol. The molecular formula is C24H15ClFNO4S2. The highest BCUT2D eigenvalue weighted by Crippen LogP contribution is 2.41. The molecule has 3 aromatic carbocycles. The Balaban J connectivity index is 1.34. The highest BCUT2D eigenvalue weighted by molar-refractivity contribution is 8.27. The predicted octanol–water partition coefficient (Wildman–Crippen LogP) is 6.19. The Morgan fingerprint density at radius 2 is 1.94 bits per heavy atom. The third-order valence-electron chi connectivity index (χ3n) is 5.01. The Morgan fingerprint density at radius 1 is 1.12 bits per heavy atom. The molecule has 9 heteroatoms. The summed E-state index contributed by atoms with van der Waals surface area (Å²) in [5.41, 5.74) is 1.65. The Morgan fingerprint density at radius 3 is 2.79 bits per heavy atom. The zero-order chi connectivity index (χ0) is 22.9. The Hall–Kier alpha value is -3.07. The van der Waals surface area contributed by atoms with E-state index in [1.807, 2.05) is 6.07 Å². The van der Waals surface area contributed by atoms with E-state index < -0.39 is 5.82 Å². The molecule has 3 aromatic rings. The maximum atomic E-state index is 14.0. The van der Waals surface area contributed by atoms with Crippen molar-refractivity contribution in [1.82, 2.24) is 0 Å². The van der Waals surface area contributed by atoms with Crippen molar-refractivity contribution in [3.8, 4) is 17.2 Å². The van der Waals surface area contributed by atoms with Crippen LogP contribution >= 0.6 is 35.6 Å². The lowest BCUT2D eigenvalue weighted by molar-refractivity contribution is -0.113. The average Bonchev–Trinajstić information content (AvgIpc) is 3.37. The zero-order valence-electron chi connectivity index (χ0n) is 16.9. The summed E-state index contributed by atoms with van der Waals surface area (Å²) in [5, 5.41) is 0.304. The molecule has 0 spiro atoms. The van der Waals surface area contributed by atoms with Crippen LogP contribution < -0.4 is 19.1 Å². The van der Waals surface area contributed by atoms with Crippen LogP contribution in [0.15, 0.2) is 65.6 Å². The SMILES string of the molecule is O=C1/C(=C\c2cccc(OCc3c(F)cccc3Cl)c2)SC(=S)N1c1ccc2c(c1)OCO2. The number of thioether (sulfide) groups is 1. The summed E-state index contributed by atoms with van der Waals surface area (Å²) in [7, 11) is 0. The van der Waals surface area contributed by atoms with Gasteiger partial charge in [-0.05, 0) is 48.0 Å². The van der Waals surface area contributed by atoms with E-state index in [1.165, 1.54) is 22.7 Å². The molecule has 5 rings (SSSR count). The molecule has 1 fully saturated rings. The molecule has 0 saturated carbocycles.